The molecule has 0 radical (unpaired) electrons. The van der Waals surface area contributed by atoms with Gasteiger partial charge in [-0.1, -0.05) is 0 Å². The van der Waals surface area contributed by atoms with Gasteiger partial charge in [0.25, 0.3) is 11.7 Å². The van der Waals surface area contributed by atoms with Gasteiger partial charge in [-0.25, -0.2) is 0 Å². The molecule has 1 spiro atoms. The van der Waals surface area contributed by atoms with Gasteiger partial charge in [-0.15, -0.1) is 0 Å². The van der Waals surface area contributed by atoms with Gasteiger partial charge in [0.1, 0.15) is 6.10 Å². The SMILES string of the molecule is COCc1c2c(c(C)c3c1C1(CC1)CNC3=O)OC(C)([C@@H]1CC[C@@H](N(C)C)CO1)O2. The monoisotopic (exact) mass is 416 g/mol. The maximum Gasteiger partial charge on any atom is 0.274 e. The van der Waals surface area contributed by atoms with Crippen LogP contribution in [-0.2, 0) is 21.5 Å². The number of hydrogen-bond acceptors (Lipinski definition) is 6. The Bertz CT molecular complexity index is 886. The molecule has 1 aromatic carbocycles. The van der Waals surface area contributed by atoms with Crippen molar-refractivity contribution in [2.75, 3.05) is 34.4 Å². The topological polar surface area (TPSA) is 69.3 Å². The second-order valence-electron chi connectivity index (χ2n) is 9.64. The third-order valence-electron chi connectivity index (χ3n) is 7.41. The zero-order valence-corrected chi connectivity index (χ0v) is 18.6. The normalized spacial score (nSPS) is 31.1. The van der Waals surface area contributed by atoms with Crippen LogP contribution in [0.3, 0.4) is 0 Å². The summed E-state index contributed by atoms with van der Waals surface area (Å²) < 4.78 is 24.8. The van der Waals surface area contributed by atoms with Gasteiger partial charge >= 0.3 is 0 Å². The van der Waals surface area contributed by atoms with Crippen LogP contribution in [0.15, 0.2) is 0 Å². The lowest BCUT2D eigenvalue weighted by Crippen LogP contribution is -2.53. The Morgan fingerprint density at radius 1 is 1.20 bits per heavy atom. The summed E-state index contributed by atoms with van der Waals surface area (Å²) in [5.41, 5.74) is 3.68. The molecule has 0 aromatic heterocycles. The van der Waals surface area contributed by atoms with E-state index in [0.29, 0.717) is 31.5 Å². The minimum atomic E-state index is -0.913. The zero-order chi connectivity index (χ0) is 21.3. The van der Waals surface area contributed by atoms with Crippen molar-refractivity contribution in [2.24, 2.45) is 0 Å². The smallest absolute Gasteiger partial charge is 0.274 e. The Morgan fingerprint density at radius 2 is 1.93 bits per heavy atom. The largest absolute Gasteiger partial charge is 0.446 e. The van der Waals surface area contributed by atoms with Gasteiger partial charge in [0.2, 0.25) is 0 Å². The molecular formula is C23H32N2O5. The number of hydrogen-bond donors (Lipinski definition) is 1. The second-order valence-corrected chi connectivity index (χ2v) is 9.64. The standard InChI is InChI=1S/C23H32N2O5/c1-13-17-18(23(8-9-23)12-24-21(17)26)15(11-27-5)20-19(13)29-22(2,30-20)16-7-6-14(10-28-16)25(3)4/h14,16H,6-12H2,1-5H3,(H,24,26)/t14-,16+,22?/m1/s1. The quantitative estimate of drug-likeness (QED) is 0.814. The molecular weight excluding hydrogens is 384 g/mol. The van der Waals surface area contributed by atoms with Crippen LogP contribution in [0.5, 0.6) is 11.5 Å². The van der Waals surface area contributed by atoms with Gasteiger partial charge in [0.05, 0.1) is 18.8 Å². The molecule has 7 heteroatoms. The third kappa shape index (κ3) is 2.86. The molecule has 3 atom stereocenters. The highest BCUT2D eigenvalue weighted by Gasteiger charge is 2.55. The van der Waals surface area contributed by atoms with Crippen LogP contribution in [0, 0.1) is 6.92 Å². The Morgan fingerprint density at radius 3 is 2.53 bits per heavy atom. The average Bonchev–Trinajstić information content (AvgIpc) is 3.40. The molecule has 0 bridgehead atoms. The van der Waals surface area contributed by atoms with Crippen molar-refractivity contribution >= 4 is 5.91 Å². The van der Waals surface area contributed by atoms with Gasteiger partial charge in [0, 0.05) is 43.2 Å². The van der Waals surface area contributed by atoms with Gasteiger partial charge in [0.15, 0.2) is 11.5 Å². The number of carbonyl (C=O) groups is 1. The van der Waals surface area contributed by atoms with Crippen molar-refractivity contribution in [3.8, 4) is 11.5 Å². The minimum absolute atomic E-state index is 0.0134. The van der Waals surface area contributed by atoms with E-state index in [9.17, 15) is 4.79 Å². The summed E-state index contributed by atoms with van der Waals surface area (Å²) in [6.07, 6.45) is 3.87. The summed E-state index contributed by atoms with van der Waals surface area (Å²) in [6.45, 7) is 5.66. The van der Waals surface area contributed by atoms with E-state index in [1.165, 1.54) is 0 Å². The zero-order valence-electron chi connectivity index (χ0n) is 18.6. The van der Waals surface area contributed by atoms with E-state index >= 15 is 0 Å². The van der Waals surface area contributed by atoms with Crippen molar-refractivity contribution in [3.63, 3.8) is 0 Å². The Labute approximate surface area is 178 Å². The predicted molar refractivity (Wildman–Crippen MR) is 111 cm³/mol. The Balaban J connectivity index is 1.54. The number of nitrogens with one attached hydrogen (secondary N) is 1. The molecule has 4 aliphatic rings. The van der Waals surface area contributed by atoms with Crippen LogP contribution in [0.4, 0.5) is 0 Å². The van der Waals surface area contributed by atoms with Gasteiger partial charge in [-0.05, 0) is 52.3 Å². The molecule has 1 unspecified atom stereocenters. The van der Waals surface area contributed by atoms with Crippen LogP contribution in [0.1, 0.15) is 59.7 Å². The maximum atomic E-state index is 12.9. The van der Waals surface area contributed by atoms with Crippen molar-refractivity contribution in [3.05, 3.63) is 22.3 Å². The molecule has 3 aliphatic heterocycles. The molecule has 1 amide bonds. The number of ether oxygens (including phenoxy) is 4. The lowest BCUT2D eigenvalue weighted by atomic mass is 9.81. The summed E-state index contributed by atoms with van der Waals surface area (Å²) in [6, 6.07) is 0.408. The highest BCUT2D eigenvalue weighted by atomic mass is 16.8. The molecule has 1 N–H and O–H groups in total. The number of rotatable bonds is 4. The van der Waals surface area contributed by atoms with E-state index in [0.717, 1.165) is 53.7 Å². The molecule has 7 nitrogen and oxygen atoms in total. The number of amides is 1. The molecule has 1 saturated heterocycles. The summed E-state index contributed by atoms with van der Waals surface area (Å²) in [5.74, 6) is 0.453. The van der Waals surface area contributed by atoms with Crippen LogP contribution in [0.25, 0.3) is 0 Å². The highest BCUT2D eigenvalue weighted by molar-refractivity contribution is 6.01. The Hall–Kier alpha value is -1.83. The summed E-state index contributed by atoms with van der Waals surface area (Å²) in [4.78, 5) is 15.1. The molecule has 164 valence electrons. The van der Waals surface area contributed by atoms with Crippen molar-refractivity contribution in [1.29, 1.82) is 0 Å². The van der Waals surface area contributed by atoms with E-state index in [-0.39, 0.29) is 17.4 Å². The second kappa shape index (κ2) is 6.84. The maximum absolute atomic E-state index is 12.9. The molecule has 1 aromatic rings. The average molecular weight is 417 g/mol. The number of methoxy groups -OCH3 is 1. The highest BCUT2D eigenvalue weighted by Crippen LogP contribution is 2.58. The first-order chi connectivity index (χ1) is 14.3. The number of fused-ring (bicyclic) bond motifs is 3. The number of benzene rings is 1. The first-order valence-corrected chi connectivity index (χ1v) is 10.9. The minimum Gasteiger partial charge on any atom is -0.446 e. The fraction of sp³-hybridized carbons (Fsp3) is 0.696. The predicted octanol–water partition coefficient (Wildman–Crippen LogP) is 2.51. The van der Waals surface area contributed by atoms with E-state index < -0.39 is 5.79 Å². The molecule has 1 aliphatic carbocycles. The van der Waals surface area contributed by atoms with Gasteiger partial charge < -0.3 is 29.2 Å². The van der Waals surface area contributed by atoms with Crippen LogP contribution < -0.4 is 14.8 Å². The molecule has 3 heterocycles. The summed E-state index contributed by atoms with van der Waals surface area (Å²) >= 11 is 0. The van der Waals surface area contributed by atoms with E-state index in [2.05, 4.69) is 24.3 Å². The first kappa shape index (κ1) is 20.1. The third-order valence-corrected chi connectivity index (χ3v) is 7.41. The molecule has 30 heavy (non-hydrogen) atoms. The van der Waals surface area contributed by atoms with Gasteiger partial charge in [-0.3, -0.25) is 4.79 Å². The van der Waals surface area contributed by atoms with Crippen LogP contribution in [-0.4, -0.2) is 63.1 Å². The van der Waals surface area contributed by atoms with E-state index in [1.807, 2.05) is 13.8 Å². The lowest BCUT2D eigenvalue weighted by molar-refractivity contribution is -0.190. The lowest BCUT2D eigenvalue weighted by Gasteiger charge is -2.39. The van der Waals surface area contributed by atoms with Crippen molar-refractivity contribution in [1.82, 2.24) is 10.2 Å². The number of carbonyl (C=O) groups excluding carboxylic acids is 1. The molecule has 1 saturated carbocycles. The van der Waals surface area contributed by atoms with E-state index in [4.69, 9.17) is 18.9 Å². The summed E-state index contributed by atoms with van der Waals surface area (Å²) in [5, 5.41) is 3.09. The Kier molecular flexibility index (Phi) is 4.58. The fourth-order valence-corrected chi connectivity index (χ4v) is 5.37. The van der Waals surface area contributed by atoms with E-state index in [1.54, 1.807) is 7.11 Å². The van der Waals surface area contributed by atoms with Crippen molar-refractivity contribution < 1.29 is 23.7 Å². The van der Waals surface area contributed by atoms with Crippen molar-refractivity contribution in [2.45, 2.75) is 69.5 Å². The fourth-order valence-electron chi connectivity index (χ4n) is 5.37. The molecule has 2 fully saturated rings. The van der Waals surface area contributed by atoms with Crippen LogP contribution in [0.2, 0.25) is 0 Å². The summed E-state index contributed by atoms with van der Waals surface area (Å²) in [7, 11) is 5.85. The van der Waals surface area contributed by atoms with Crippen LogP contribution >= 0.6 is 0 Å². The number of likely N-dealkylation sites (N-methyl/N-ethyl adjacent to an activating group) is 1. The molecule has 5 rings (SSSR count). The van der Waals surface area contributed by atoms with Gasteiger partial charge in [-0.2, -0.15) is 0 Å². The first-order valence-electron chi connectivity index (χ1n) is 10.9. The number of nitrogens with zero attached hydrogens (tertiary/aromatic N) is 1.